The number of carboxylic acids is 1. The van der Waals surface area contributed by atoms with Crippen LogP contribution in [0.5, 0.6) is 5.75 Å². The number of carbonyl (C=O) groups excluding carboxylic acids is 2. The van der Waals surface area contributed by atoms with Gasteiger partial charge in [-0.15, -0.1) is 0 Å². The highest BCUT2D eigenvalue weighted by Crippen LogP contribution is 2.34. The van der Waals surface area contributed by atoms with Gasteiger partial charge in [0.1, 0.15) is 28.8 Å². The van der Waals surface area contributed by atoms with Crippen molar-refractivity contribution < 1.29 is 45.8 Å². The number of carboxylic acid groups (broad SMARTS) is 1. The number of aryl methyl sites for hydroxylation is 2. The van der Waals surface area contributed by atoms with Crippen LogP contribution in [-0.2, 0) is 31.0 Å². The molecule has 1 aliphatic rings. The minimum absolute atomic E-state index is 0.0307. The smallest absolute Gasteiger partial charge is 0.487 e. The molecule has 316 valence electrons. The normalized spacial score (nSPS) is 14.6. The third-order valence-corrected chi connectivity index (χ3v) is 11.6. The van der Waals surface area contributed by atoms with E-state index in [0.29, 0.717) is 55.9 Å². The molecule has 0 spiro atoms. The number of para-hydroxylation sites is 1. The van der Waals surface area contributed by atoms with Crippen molar-refractivity contribution in [3.05, 3.63) is 63.3 Å². The van der Waals surface area contributed by atoms with Gasteiger partial charge in [-0.25, -0.2) is 18.2 Å². The van der Waals surface area contributed by atoms with E-state index >= 15 is 0 Å². The largest absolute Gasteiger partial charge is 0.490 e. The quantitative estimate of drug-likeness (QED) is 0.156. The van der Waals surface area contributed by atoms with Crippen molar-refractivity contribution in [1.82, 2.24) is 24.4 Å². The molecule has 2 amide bonds. The Morgan fingerprint density at radius 2 is 1.67 bits per heavy atom. The Kier molecular flexibility index (Phi) is 17.8. The number of carbonyl (C=O) groups is 3. The van der Waals surface area contributed by atoms with Crippen LogP contribution in [0, 0.1) is 13.8 Å². The summed E-state index contributed by atoms with van der Waals surface area (Å²) >= 11 is 13.2. The number of nitrogens with two attached hydrogens (primary N) is 1. The molecule has 1 aromatic heterocycles. The first-order valence-corrected chi connectivity index (χ1v) is 20.7. The van der Waals surface area contributed by atoms with E-state index < -0.39 is 28.2 Å². The number of aliphatic carboxylic acids is 1. The average Bonchev–Trinajstić information content (AvgIpc) is 3.12. The molecule has 1 aliphatic heterocycles. The number of alkyl halides is 3. The van der Waals surface area contributed by atoms with Crippen LogP contribution >= 0.6 is 23.2 Å². The third kappa shape index (κ3) is 14.0. The second-order valence-corrected chi connectivity index (χ2v) is 16.6. The van der Waals surface area contributed by atoms with Crippen molar-refractivity contribution in [1.29, 1.82) is 0 Å². The van der Waals surface area contributed by atoms with E-state index in [1.807, 2.05) is 53.1 Å². The summed E-state index contributed by atoms with van der Waals surface area (Å²) in [7, 11) is -0.257. The van der Waals surface area contributed by atoms with E-state index in [4.69, 9.17) is 43.6 Å². The molecular weight excluding hydrogens is 812 g/mol. The van der Waals surface area contributed by atoms with Gasteiger partial charge in [-0.2, -0.15) is 17.9 Å². The molecule has 2 atom stereocenters. The summed E-state index contributed by atoms with van der Waals surface area (Å²) < 4.78 is 68.2. The average molecular weight is 864 g/mol. The summed E-state index contributed by atoms with van der Waals surface area (Å²) in [5, 5.41) is 8.23. The summed E-state index contributed by atoms with van der Waals surface area (Å²) in [5.41, 5.74) is 9.10. The highest BCUT2D eigenvalue weighted by Gasteiger charge is 2.38. The zero-order valence-electron chi connectivity index (χ0n) is 32.7. The SMILES string of the molecule is CCCC[C@@H](NS(=O)(=O)c1ccc(Cl)c(COc2cccc3c(C)cc(C)nc23)c1Cl)C(=O)N1CCN(C(=O)C[C@@H](N)CCCN(C)C)CC1.O=C(O)C(F)(F)F. The van der Waals surface area contributed by atoms with E-state index in [-0.39, 0.29) is 45.8 Å². The van der Waals surface area contributed by atoms with Crippen LogP contribution in [0.4, 0.5) is 13.2 Å². The molecule has 57 heavy (non-hydrogen) atoms. The molecule has 0 unspecified atom stereocenters. The zero-order valence-corrected chi connectivity index (χ0v) is 35.0. The monoisotopic (exact) mass is 862 g/mol. The lowest BCUT2D eigenvalue weighted by atomic mass is 10.1. The number of ether oxygens (including phenoxy) is 1. The fourth-order valence-electron chi connectivity index (χ4n) is 6.15. The maximum Gasteiger partial charge on any atom is 0.490 e. The first kappa shape index (κ1) is 47.6. The number of halogens is 5. The van der Waals surface area contributed by atoms with Crippen molar-refractivity contribution >= 4 is 61.9 Å². The molecule has 4 rings (SSSR count). The van der Waals surface area contributed by atoms with Crippen LogP contribution in [0.2, 0.25) is 10.0 Å². The van der Waals surface area contributed by atoms with Gasteiger partial charge < -0.3 is 30.3 Å². The highest BCUT2D eigenvalue weighted by molar-refractivity contribution is 7.89. The van der Waals surface area contributed by atoms with Gasteiger partial charge in [-0.05, 0) is 83.6 Å². The molecule has 0 aliphatic carbocycles. The second-order valence-electron chi connectivity index (χ2n) is 14.1. The van der Waals surface area contributed by atoms with Gasteiger partial charge in [0.05, 0.1) is 5.02 Å². The van der Waals surface area contributed by atoms with Crippen LogP contribution < -0.4 is 15.2 Å². The zero-order chi connectivity index (χ0) is 42.7. The fourth-order valence-corrected chi connectivity index (χ4v) is 8.26. The van der Waals surface area contributed by atoms with Gasteiger partial charge >= 0.3 is 12.1 Å². The maximum absolute atomic E-state index is 13.8. The number of nitrogens with zero attached hydrogens (tertiary/aromatic N) is 4. The lowest BCUT2D eigenvalue weighted by Crippen LogP contribution is -2.56. The first-order chi connectivity index (χ1) is 26.7. The molecule has 19 heteroatoms. The molecule has 13 nitrogen and oxygen atoms in total. The van der Waals surface area contributed by atoms with Gasteiger partial charge in [0.25, 0.3) is 0 Å². The first-order valence-electron chi connectivity index (χ1n) is 18.4. The predicted octanol–water partition coefficient (Wildman–Crippen LogP) is 5.94. The Hall–Kier alpha value is -3.74. The number of hydrogen-bond donors (Lipinski definition) is 3. The number of fused-ring (bicyclic) bond motifs is 1. The van der Waals surface area contributed by atoms with E-state index in [2.05, 4.69) is 14.6 Å². The number of sulfonamides is 1. The molecule has 0 saturated carbocycles. The van der Waals surface area contributed by atoms with E-state index in [9.17, 15) is 31.2 Å². The van der Waals surface area contributed by atoms with Crippen molar-refractivity contribution in [2.75, 3.05) is 46.8 Å². The Labute approximate surface area is 341 Å². The Bertz CT molecular complexity index is 1980. The van der Waals surface area contributed by atoms with Crippen molar-refractivity contribution in [2.45, 2.75) is 89.1 Å². The van der Waals surface area contributed by atoms with Crippen molar-refractivity contribution in [2.24, 2.45) is 5.73 Å². The van der Waals surface area contributed by atoms with E-state index in [1.165, 1.54) is 12.1 Å². The number of hydrogen-bond acceptors (Lipinski definition) is 9. The molecule has 4 N–H and O–H groups in total. The number of benzene rings is 2. The predicted molar refractivity (Wildman–Crippen MR) is 213 cm³/mol. The number of piperazine rings is 1. The Morgan fingerprint density at radius 1 is 1.04 bits per heavy atom. The van der Waals surface area contributed by atoms with Gasteiger partial charge in [0.2, 0.25) is 21.8 Å². The van der Waals surface area contributed by atoms with Gasteiger partial charge in [-0.1, -0.05) is 55.1 Å². The molecule has 1 fully saturated rings. The minimum atomic E-state index is -5.08. The molecule has 0 bridgehead atoms. The van der Waals surface area contributed by atoms with E-state index in [0.717, 1.165) is 42.5 Å². The minimum Gasteiger partial charge on any atom is -0.487 e. The second kappa shape index (κ2) is 21.3. The molecular formula is C38H51Cl2F3N6O7S. The van der Waals surface area contributed by atoms with Crippen LogP contribution in [0.1, 0.15) is 62.3 Å². The summed E-state index contributed by atoms with van der Waals surface area (Å²) in [6.07, 6.45) is -1.44. The molecule has 2 heterocycles. The topological polar surface area (TPSA) is 175 Å². The summed E-state index contributed by atoms with van der Waals surface area (Å²) in [6, 6.07) is 9.18. The Morgan fingerprint density at radius 3 is 2.26 bits per heavy atom. The number of unbranched alkanes of at least 4 members (excludes halogenated alkanes) is 1. The lowest BCUT2D eigenvalue weighted by molar-refractivity contribution is -0.192. The fraction of sp³-hybridized carbons (Fsp3) is 0.526. The van der Waals surface area contributed by atoms with Crippen LogP contribution in [0.15, 0.2) is 41.3 Å². The number of pyridine rings is 1. The summed E-state index contributed by atoms with van der Waals surface area (Å²) in [5.74, 6) is -2.61. The highest BCUT2D eigenvalue weighted by atomic mass is 35.5. The number of aromatic nitrogens is 1. The lowest BCUT2D eigenvalue weighted by Gasteiger charge is -2.37. The summed E-state index contributed by atoms with van der Waals surface area (Å²) in [4.78, 5) is 45.4. The third-order valence-electron chi connectivity index (χ3n) is 9.19. The summed E-state index contributed by atoms with van der Waals surface area (Å²) in [6.45, 7) is 8.02. The van der Waals surface area contributed by atoms with Crippen molar-refractivity contribution in [3.63, 3.8) is 0 Å². The number of rotatable bonds is 16. The number of nitrogens with one attached hydrogen (secondary N) is 1. The maximum atomic E-state index is 13.8. The van der Waals surface area contributed by atoms with E-state index in [1.54, 1.807) is 15.9 Å². The van der Waals surface area contributed by atoms with Crippen molar-refractivity contribution in [3.8, 4) is 5.75 Å². The van der Waals surface area contributed by atoms with Crippen LogP contribution in [-0.4, -0.2) is 116 Å². The molecule has 3 aromatic rings. The van der Waals surface area contributed by atoms with Gasteiger partial charge in [-0.3, -0.25) is 9.59 Å². The number of amides is 2. The van der Waals surface area contributed by atoms with Gasteiger partial charge in [0, 0.05) is 60.3 Å². The Balaban J connectivity index is 0.00000113. The van der Waals surface area contributed by atoms with Crippen LogP contribution in [0.25, 0.3) is 10.9 Å². The molecule has 1 saturated heterocycles. The van der Waals surface area contributed by atoms with Gasteiger partial charge in [0.15, 0.2) is 0 Å². The molecule has 2 aromatic carbocycles. The standard InChI is InChI=1S/C36H50Cl2N6O5S.C2HF3O2/c1-6-7-12-30(36(46)44-19-17-43(18-20-44)33(45)22-26(39)10-9-16-42(4)5)41-50(47,48)32-15-14-29(37)28(34(32)38)23-49-31-13-8-11-27-24(2)21-25(3)40-35(27)31;3-2(4,5)1(6)7/h8,11,13-15,21,26,30,41H,6-7,9-10,12,16-20,22-23,39H2,1-5H3;(H,6,7)/t26-,30+;/m0./s1. The van der Waals surface area contributed by atoms with Crippen LogP contribution in [0.3, 0.4) is 0 Å². The molecule has 0 radical (unpaired) electrons.